The Labute approximate surface area is 199 Å². The summed E-state index contributed by atoms with van der Waals surface area (Å²) in [5.74, 6) is 0.649. The van der Waals surface area contributed by atoms with E-state index in [1.807, 2.05) is 32.0 Å². The van der Waals surface area contributed by atoms with Crippen molar-refractivity contribution in [2.45, 2.75) is 52.5 Å². The van der Waals surface area contributed by atoms with Crippen molar-refractivity contribution in [3.05, 3.63) is 59.7 Å². The first-order chi connectivity index (χ1) is 15.6. The van der Waals surface area contributed by atoms with Gasteiger partial charge < -0.3 is 10.2 Å². The van der Waals surface area contributed by atoms with Crippen LogP contribution in [0, 0.1) is 12.8 Å². The molecule has 1 fully saturated rings. The van der Waals surface area contributed by atoms with E-state index in [2.05, 4.69) is 41.4 Å². The van der Waals surface area contributed by atoms with Gasteiger partial charge in [0.2, 0.25) is 15.9 Å². The average Bonchev–Trinajstić information content (AvgIpc) is 2.77. The predicted octanol–water partition coefficient (Wildman–Crippen LogP) is 4.65. The standard InChI is InChI=1S/C26H37N3O3S/c1-20-9-7-17-28(19-20)24-15-13-23(14-16-24)22(3)27-26(30)12-8-18-29(33(4,31)32)25-11-6-5-10-21(25)2/h5-6,10-11,13-16,20,22H,7-9,12,17-19H2,1-4H3,(H,27,30)/t20-,22+/m1/s1. The Morgan fingerprint density at radius 1 is 1.18 bits per heavy atom. The number of sulfonamides is 1. The van der Waals surface area contributed by atoms with Gasteiger partial charge in [0.15, 0.2) is 0 Å². The number of nitrogens with one attached hydrogen (secondary N) is 1. The zero-order valence-electron chi connectivity index (χ0n) is 20.3. The van der Waals surface area contributed by atoms with E-state index in [0.29, 0.717) is 12.1 Å². The number of hydrogen-bond acceptors (Lipinski definition) is 4. The molecule has 0 bridgehead atoms. The molecule has 1 heterocycles. The Hall–Kier alpha value is -2.54. The van der Waals surface area contributed by atoms with Crippen LogP contribution in [0.5, 0.6) is 0 Å². The van der Waals surface area contributed by atoms with Gasteiger partial charge in [0.1, 0.15) is 0 Å². The highest BCUT2D eigenvalue weighted by molar-refractivity contribution is 7.92. The highest BCUT2D eigenvalue weighted by Crippen LogP contribution is 2.25. The molecule has 0 radical (unpaired) electrons. The van der Waals surface area contributed by atoms with Crippen LogP contribution in [0.25, 0.3) is 0 Å². The number of hydrogen-bond donors (Lipinski definition) is 1. The van der Waals surface area contributed by atoms with Crippen LogP contribution in [0.2, 0.25) is 0 Å². The molecular weight excluding hydrogens is 434 g/mol. The average molecular weight is 472 g/mol. The molecule has 0 aromatic heterocycles. The number of rotatable bonds is 9. The number of para-hydroxylation sites is 1. The summed E-state index contributed by atoms with van der Waals surface area (Å²) in [4.78, 5) is 15.0. The number of carbonyl (C=O) groups excluding carboxylic acids is 1. The summed E-state index contributed by atoms with van der Waals surface area (Å²) in [6.45, 7) is 8.63. The Balaban J connectivity index is 1.52. The van der Waals surface area contributed by atoms with Crippen LogP contribution >= 0.6 is 0 Å². The molecule has 1 N–H and O–H groups in total. The predicted molar refractivity (Wildman–Crippen MR) is 136 cm³/mol. The molecule has 0 aliphatic carbocycles. The van der Waals surface area contributed by atoms with Gasteiger partial charge >= 0.3 is 0 Å². The number of carbonyl (C=O) groups is 1. The molecule has 1 saturated heterocycles. The van der Waals surface area contributed by atoms with E-state index >= 15 is 0 Å². The number of aryl methyl sites for hydroxylation is 1. The fourth-order valence-corrected chi connectivity index (χ4v) is 5.51. The Kier molecular flexibility index (Phi) is 8.40. The van der Waals surface area contributed by atoms with Gasteiger partial charge in [-0.3, -0.25) is 9.10 Å². The van der Waals surface area contributed by atoms with Crippen molar-refractivity contribution in [2.24, 2.45) is 5.92 Å². The lowest BCUT2D eigenvalue weighted by atomic mass is 9.99. The third-order valence-corrected chi connectivity index (χ3v) is 7.52. The third-order valence-electron chi connectivity index (χ3n) is 6.34. The highest BCUT2D eigenvalue weighted by atomic mass is 32.2. The van der Waals surface area contributed by atoms with Crippen LogP contribution in [-0.2, 0) is 14.8 Å². The topological polar surface area (TPSA) is 69.7 Å². The first kappa shape index (κ1) is 25.1. The van der Waals surface area contributed by atoms with E-state index in [-0.39, 0.29) is 24.9 Å². The highest BCUT2D eigenvalue weighted by Gasteiger charge is 2.20. The number of amides is 1. The summed E-state index contributed by atoms with van der Waals surface area (Å²) >= 11 is 0. The molecule has 180 valence electrons. The fourth-order valence-electron chi connectivity index (χ4n) is 4.49. The summed E-state index contributed by atoms with van der Waals surface area (Å²) in [6, 6.07) is 15.7. The lowest BCUT2D eigenvalue weighted by Gasteiger charge is -2.33. The SMILES string of the molecule is Cc1ccccc1N(CCCC(=O)N[C@@H](C)c1ccc(N2CCC[C@@H](C)C2)cc1)S(C)(=O)=O. The van der Waals surface area contributed by atoms with E-state index in [0.717, 1.165) is 30.1 Å². The van der Waals surface area contributed by atoms with Crippen LogP contribution in [0.3, 0.4) is 0 Å². The lowest BCUT2D eigenvalue weighted by molar-refractivity contribution is -0.121. The van der Waals surface area contributed by atoms with Gasteiger partial charge in [0.25, 0.3) is 0 Å². The lowest BCUT2D eigenvalue weighted by Crippen LogP contribution is -2.34. The van der Waals surface area contributed by atoms with E-state index in [1.54, 1.807) is 6.07 Å². The smallest absolute Gasteiger partial charge is 0.232 e. The Morgan fingerprint density at radius 3 is 2.52 bits per heavy atom. The van der Waals surface area contributed by atoms with Gasteiger partial charge in [-0.25, -0.2) is 8.42 Å². The van der Waals surface area contributed by atoms with Crippen LogP contribution in [0.15, 0.2) is 48.5 Å². The van der Waals surface area contributed by atoms with E-state index in [1.165, 1.54) is 29.1 Å². The summed E-state index contributed by atoms with van der Waals surface area (Å²) in [6.07, 6.45) is 4.45. The summed E-state index contributed by atoms with van der Waals surface area (Å²) < 4.78 is 26.0. The van der Waals surface area contributed by atoms with Crippen LogP contribution in [0.4, 0.5) is 11.4 Å². The first-order valence-corrected chi connectivity index (χ1v) is 13.7. The molecule has 0 saturated carbocycles. The molecule has 2 atom stereocenters. The molecule has 1 aliphatic rings. The molecule has 3 rings (SSSR count). The molecule has 6 nitrogen and oxygen atoms in total. The summed E-state index contributed by atoms with van der Waals surface area (Å²) in [7, 11) is -3.42. The Morgan fingerprint density at radius 2 is 1.88 bits per heavy atom. The van der Waals surface area contributed by atoms with Crippen molar-refractivity contribution in [3.63, 3.8) is 0 Å². The molecule has 33 heavy (non-hydrogen) atoms. The maximum absolute atomic E-state index is 12.5. The largest absolute Gasteiger partial charge is 0.371 e. The molecule has 2 aromatic carbocycles. The van der Waals surface area contributed by atoms with Crippen molar-refractivity contribution < 1.29 is 13.2 Å². The van der Waals surface area contributed by atoms with Gasteiger partial charge in [-0.15, -0.1) is 0 Å². The molecule has 2 aromatic rings. The van der Waals surface area contributed by atoms with Crippen LogP contribution in [0.1, 0.15) is 56.7 Å². The van der Waals surface area contributed by atoms with Gasteiger partial charge in [-0.2, -0.15) is 0 Å². The maximum Gasteiger partial charge on any atom is 0.232 e. The van der Waals surface area contributed by atoms with E-state index in [4.69, 9.17) is 0 Å². The molecule has 1 amide bonds. The second kappa shape index (κ2) is 11.1. The summed E-state index contributed by atoms with van der Waals surface area (Å²) in [5.41, 5.74) is 3.86. The van der Waals surface area contributed by atoms with Gasteiger partial charge in [-0.1, -0.05) is 37.3 Å². The molecule has 0 unspecified atom stereocenters. The quantitative estimate of drug-likeness (QED) is 0.578. The number of benzene rings is 2. The first-order valence-electron chi connectivity index (χ1n) is 11.8. The van der Waals surface area contributed by atoms with E-state index < -0.39 is 10.0 Å². The van der Waals surface area contributed by atoms with Crippen molar-refractivity contribution in [3.8, 4) is 0 Å². The fraction of sp³-hybridized carbons (Fsp3) is 0.500. The van der Waals surface area contributed by atoms with Gasteiger partial charge in [0.05, 0.1) is 18.0 Å². The minimum Gasteiger partial charge on any atom is -0.371 e. The zero-order chi connectivity index (χ0) is 24.0. The number of nitrogens with zero attached hydrogens (tertiary/aromatic N) is 2. The third kappa shape index (κ3) is 6.97. The van der Waals surface area contributed by atoms with Crippen molar-refractivity contribution >= 4 is 27.3 Å². The number of anilines is 2. The maximum atomic E-state index is 12.5. The van der Waals surface area contributed by atoms with Crippen LogP contribution in [-0.4, -0.2) is 40.2 Å². The second-order valence-electron chi connectivity index (χ2n) is 9.30. The minimum atomic E-state index is -3.42. The molecule has 0 spiro atoms. The second-order valence-corrected chi connectivity index (χ2v) is 11.2. The normalized spacial score (nSPS) is 17.5. The minimum absolute atomic E-state index is 0.0744. The van der Waals surface area contributed by atoms with Gasteiger partial charge in [-0.05, 0) is 68.4 Å². The molecular formula is C26H37N3O3S. The zero-order valence-corrected chi connectivity index (χ0v) is 21.1. The van der Waals surface area contributed by atoms with E-state index in [9.17, 15) is 13.2 Å². The monoisotopic (exact) mass is 471 g/mol. The van der Waals surface area contributed by atoms with Gasteiger partial charge in [0, 0.05) is 31.7 Å². The van der Waals surface area contributed by atoms with Crippen molar-refractivity contribution in [1.29, 1.82) is 0 Å². The van der Waals surface area contributed by atoms with Crippen molar-refractivity contribution in [2.75, 3.05) is 35.1 Å². The summed E-state index contributed by atoms with van der Waals surface area (Å²) in [5, 5.41) is 3.05. The van der Waals surface area contributed by atoms with Crippen molar-refractivity contribution in [1.82, 2.24) is 5.32 Å². The molecule has 7 heteroatoms. The Bertz CT molecular complexity index is 1040. The van der Waals surface area contributed by atoms with Crippen LogP contribution < -0.4 is 14.5 Å². The number of piperidine rings is 1. The molecule has 1 aliphatic heterocycles.